The Labute approximate surface area is 157 Å². The molecule has 3 N–H and O–H groups in total. The molecule has 0 aliphatic carbocycles. The second-order valence-corrected chi connectivity index (χ2v) is 8.52. The standard InChI is InChI=1S/C22H46N2O/c1-5-6-7-8-9-10-11-12-13-14-15-16-17-18-21(25)24-19-20(2)22(3,4)23/h20H,5-19,23H2,1-4H3,(H,24,25). The van der Waals surface area contributed by atoms with Crippen molar-refractivity contribution in [2.75, 3.05) is 6.54 Å². The van der Waals surface area contributed by atoms with Gasteiger partial charge in [-0.05, 0) is 26.2 Å². The summed E-state index contributed by atoms with van der Waals surface area (Å²) in [5.74, 6) is 0.474. The molecule has 0 aliphatic rings. The first-order chi connectivity index (χ1) is 11.9. The molecule has 3 heteroatoms. The summed E-state index contributed by atoms with van der Waals surface area (Å²) in [6, 6.07) is 0. The van der Waals surface area contributed by atoms with Crippen LogP contribution in [0.3, 0.4) is 0 Å². The van der Waals surface area contributed by atoms with Crippen molar-refractivity contribution in [2.24, 2.45) is 11.7 Å². The van der Waals surface area contributed by atoms with Crippen LogP contribution in [0.4, 0.5) is 0 Å². The first-order valence-electron chi connectivity index (χ1n) is 10.9. The molecule has 0 bridgehead atoms. The summed E-state index contributed by atoms with van der Waals surface area (Å²) in [7, 11) is 0. The topological polar surface area (TPSA) is 55.1 Å². The van der Waals surface area contributed by atoms with E-state index in [9.17, 15) is 4.79 Å². The van der Waals surface area contributed by atoms with E-state index < -0.39 is 0 Å². The Balaban J connectivity index is 3.29. The zero-order valence-corrected chi connectivity index (χ0v) is 17.7. The number of unbranched alkanes of at least 4 members (excludes halogenated alkanes) is 12. The molecule has 3 nitrogen and oxygen atoms in total. The maximum Gasteiger partial charge on any atom is 0.220 e. The van der Waals surface area contributed by atoms with E-state index in [0.717, 1.165) is 6.42 Å². The highest BCUT2D eigenvalue weighted by atomic mass is 16.1. The molecule has 0 rings (SSSR count). The van der Waals surface area contributed by atoms with Gasteiger partial charge in [0.2, 0.25) is 5.91 Å². The second-order valence-electron chi connectivity index (χ2n) is 8.52. The van der Waals surface area contributed by atoms with Gasteiger partial charge in [-0.15, -0.1) is 0 Å². The summed E-state index contributed by atoms with van der Waals surface area (Å²) in [5, 5.41) is 3.01. The van der Waals surface area contributed by atoms with Crippen LogP contribution < -0.4 is 11.1 Å². The molecule has 0 aromatic rings. The van der Waals surface area contributed by atoms with E-state index in [1.54, 1.807) is 0 Å². The number of rotatable bonds is 17. The Bertz CT molecular complexity index is 310. The highest BCUT2D eigenvalue weighted by molar-refractivity contribution is 5.75. The fourth-order valence-electron chi connectivity index (χ4n) is 2.92. The third-order valence-electron chi connectivity index (χ3n) is 5.38. The van der Waals surface area contributed by atoms with Crippen molar-refractivity contribution in [1.82, 2.24) is 5.32 Å². The van der Waals surface area contributed by atoms with E-state index in [1.165, 1.54) is 77.0 Å². The number of nitrogens with one attached hydrogen (secondary N) is 1. The van der Waals surface area contributed by atoms with Crippen LogP contribution in [0.5, 0.6) is 0 Å². The van der Waals surface area contributed by atoms with Crippen LogP contribution >= 0.6 is 0 Å². The quantitative estimate of drug-likeness (QED) is 0.317. The smallest absolute Gasteiger partial charge is 0.220 e. The van der Waals surface area contributed by atoms with Gasteiger partial charge in [0.25, 0.3) is 0 Å². The molecule has 0 spiro atoms. The van der Waals surface area contributed by atoms with Gasteiger partial charge in [0.05, 0.1) is 0 Å². The number of carbonyl (C=O) groups is 1. The number of carbonyl (C=O) groups excluding carboxylic acids is 1. The molecule has 0 aliphatic heterocycles. The average molecular weight is 355 g/mol. The molecule has 150 valence electrons. The number of nitrogens with two attached hydrogens (primary N) is 1. The fourth-order valence-corrected chi connectivity index (χ4v) is 2.92. The Morgan fingerprint density at radius 1 is 0.840 bits per heavy atom. The van der Waals surface area contributed by atoms with Gasteiger partial charge in [-0.1, -0.05) is 90.9 Å². The first-order valence-corrected chi connectivity index (χ1v) is 10.9. The largest absolute Gasteiger partial charge is 0.356 e. The molecular weight excluding hydrogens is 308 g/mol. The summed E-state index contributed by atoms with van der Waals surface area (Å²) in [6.07, 6.45) is 18.1. The van der Waals surface area contributed by atoms with Crippen molar-refractivity contribution in [3.63, 3.8) is 0 Å². The molecule has 0 fully saturated rings. The maximum atomic E-state index is 11.8. The van der Waals surface area contributed by atoms with Gasteiger partial charge in [-0.2, -0.15) is 0 Å². The van der Waals surface area contributed by atoms with E-state index in [1.807, 2.05) is 13.8 Å². The molecule has 0 saturated heterocycles. The lowest BCUT2D eigenvalue weighted by molar-refractivity contribution is -0.121. The van der Waals surface area contributed by atoms with Crippen molar-refractivity contribution in [2.45, 2.75) is 123 Å². The summed E-state index contributed by atoms with van der Waals surface area (Å²) in [5.41, 5.74) is 5.81. The Kier molecular flexibility index (Phi) is 15.3. The van der Waals surface area contributed by atoms with Crippen LogP contribution in [-0.2, 0) is 4.79 Å². The molecule has 0 aromatic heterocycles. The van der Waals surface area contributed by atoms with Gasteiger partial charge >= 0.3 is 0 Å². The van der Waals surface area contributed by atoms with Crippen LogP contribution in [0.25, 0.3) is 0 Å². The molecule has 25 heavy (non-hydrogen) atoms. The van der Waals surface area contributed by atoms with E-state index in [4.69, 9.17) is 5.73 Å². The minimum absolute atomic E-state index is 0.180. The summed E-state index contributed by atoms with van der Waals surface area (Å²) >= 11 is 0. The van der Waals surface area contributed by atoms with Crippen molar-refractivity contribution in [3.8, 4) is 0 Å². The van der Waals surface area contributed by atoms with Crippen LogP contribution in [0.1, 0.15) is 118 Å². The van der Waals surface area contributed by atoms with Gasteiger partial charge in [0.1, 0.15) is 0 Å². The van der Waals surface area contributed by atoms with Crippen molar-refractivity contribution < 1.29 is 4.79 Å². The number of amides is 1. The summed E-state index contributed by atoms with van der Waals surface area (Å²) < 4.78 is 0. The molecule has 1 unspecified atom stereocenters. The van der Waals surface area contributed by atoms with E-state index >= 15 is 0 Å². The zero-order chi connectivity index (χ0) is 19.0. The summed E-state index contributed by atoms with van der Waals surface area (Å²) in [6.45, 7) is 9.06. The Hall–Kier alpha value is -0.570. The molecule has 1 atom stereocenters. The monoisotopic (exact) mass is 354 g/mol. The van der Waals surface area contributed by atoms with E-state index in [0.29, 0.717) is 18.9 Å². The predicted molar refractivity (Wildman–Crippen MR) is 111 cm³/mol. The number of hydrogen-bond donors (Lipinski definition) is 2. The maximum absolute atomic E-state index is 11.8. The highest BCUT2D eigenvalue weighted by Crippen LogP contribution is 2.13. The van der Waals surface area contributed by atoms with Crippen molar-refractivity contribution in [3.05, 3.63) is 0 Å². The molecule has 0 aromatic carbocycles. The first kappa shape index (κ1) is 24.4. The van der Waals surface area contributed by atoms with Crippen LogP contribution in [-0.4, -0.2) is 18.0 Å². The third-order valence-corrected chi connectivity index (χ3v) is 5.38. The SMILES string of the molecule is CCCCCCCCCCCCCCCC(=O)NCC(C)C(C)(C)N. The second kappa shape index (κ2) is 15.7. The lowest BCUT2D eigenvalue weighted by Crippen LogP contribution is -2.45. The predicted octanol–water partition coefficient (Wildman–Crippen LogP) is 5.96. The van der Waals surface area contributed by atoms with Gasteiger partial charge in [-0.25, -0.2) is 0 Å². The van der Waals surface area contributed by atoms with Crippen LogP contribution in [0.2, 0.25) is 0 Å². The van der Waals surface area contributed by atoms with Gasteiger partial charge in [0.15, 0.2) is 0 Å². The van der Waals surface area contributed by atoms with Gasteiger partial charge in [-0.3, -0.25) is 4.79 Å². The van der Waals surface area contributed by atoms with E-state index in [-0.39, 0.29) is 11.4 Å². The number of hydrogen-bond acceptors (Lipinski definition) is 2. The lowest BCUT2D eigenvalue weighted by Gasteiger charge is -2.27. The Morgan fingerprint density at radius 3 is 1.64 bits per heavy atom. The van der Waals surface area contributed by atoms with Crippen molar-refractivity contribution in [1.29, 1.82) is 0 Å². The molecular formula is C22H46N2O. The Morgan fingerprint density at radius 2 is 1.24 bits per heavy atom. The molecule has 0 radical (unpaired) electrons. The minimum Gasteiger partial charge on any atom is -0.356 e. The normalized spacial score (nSPS) is 13.0. The van der Waals surface area contributed by atoms with Crippen LogP contribution in [0.15, 0.2) is 0 Å². The van der Waals surface area contributed by atoms with Crippen LogP contribution in [0, 0.1) is 5.92 Å². The van der Waals surface area contributed by atoms with E-state index in [2.05, 4.69) is 19.2 Å². The third kappa shape index (κ3) is 16.6. The highest BCUT2D eigenvalue weighted by Gasteiger charge is 2.20. The molecule has 1 amide bonds. The molecule has 0 heterocycles. The average Bonchev–Trinajstić information content (AvgIpc) is 2.56. The summed E-state index contributed by atoms with van der Waals surface area (Å²) in [4.78, 5) is 11.8. The fraction of sp³-hybridized carbons (Fsp3) is 0.955. The minimum atomic E-state index is -0.233. The van der Waals surface area contributed by atoms with Crippen molar-refractivity contribution >= 4 is 5.91 Å². The molecule has 0 saturated carbocycles. The lowest BCUT2D eigenvalue weighted by atomic mass is 9.90. The van der Waals surface area contributed by atoms with Gasteiger partial charge < -0.3 is 11.1 Å². The zero-order valence-electron chi connectivity index (χ0n) is 17.7. The van der Waals surface area contributed by atoms with Gasteiger partial charge in [0, 0.05) is 18.5 Å².